The fourth-order valence-corrected chi connectivity index (χ4v) is 20.1. The lowest BCUT2D eigenvalue weighted by Crippen LogP contribution is -2.69. The minimum absolute atomic E-state index is 0.0158. The second-order valence-corrected chi connectivity index (χ2v) is 26.4. The number of carboxylic acids is 1. The maximum Gasteiger partial charge on any atom is 0.475 e. The lowest BCUT2D eigenvalue weighted by Gasteiger charge is -2.69. The minimum Gasteiger partial charge on any atom is -0.481 e. The molecule has 12 aliphatic carbocycles. The average Bonchev–Trinajstić information content (AvgIpc) is 3.55. The number of nitrogens with two attached hydrogens (primary N) is 1. The van der Waals surface area contributed by atoms with Gasteiger partial charge >= 0.3 is 19.1 Å². The van der Waals surface area contributed by atoms with Crippen LogP contribution in [0, 0.1) is 55.2 Å². The summed E-state index contributed by atoms with van der Waals surface area (Å²) in [5, 5.41) is 39.3. The fraction of sp³-hybridized carbons (Fsp3) is 0.938. The van der Waals surface area contributed by atoms with Gasteiger partial charge in [0.25, 0.3) is 0 Å². The van der Waals surface area contributed by atoms with Gasteiger partial charge in [-0.2, -0.15) is 0 Å². The minimum atomic E-state index is -1.62. The van der Waals surface area contributed by atoms with Crippen molar-refractivity contribution in [2.24, 2.45) is 60.9 Å². The first kappa shape index (κ1) is 46.6. The second-order valence-electron chi connectivity index (χ2n) is 26.4. The van der Waals surface area contributed by atoms with E-state index >= 15 is 13.2 Å². The number of carboxylic acid groups (broad SMARTS) is 1. The standard InChI is InChI=1S/C17H27BF2N2O3.C16H26O3.C15H23FO2/c1-14-5-15(8-16(19,6-14)10-17(20,7-14)9-15)12(21)13(23)22-4-2-3-11(22)18(24)25;1-11(12(17)19-4)15-6-13(2)5-14(3,7-15)9-16(18,8-13)10-15;1-10(11(17)18)14-5-12(2)4-13(3,6-14)8-15(16,7-12)9-14/h11-12,24-25H,2-10,21H2,1H3;11,18H,5-10H2,1-4H3;10H,4-9H2,1-3H3,(H,17,18)/t11-,12+,14?,15?,16?,17?;11-,13?,14?,15?,16?;10-,12?,13?,14?,15?/m011/s1. The quantitative estimate of drug-likeness (QED) is 0.127. The summed E-state index contributed by atoms with van der Waals surface area (Å²) in [6, 6.07) is -1.00. The largest absolute Gasteiger partial charge is 0.481 e. The zero-order chi connectivity index (χ0) is 45.8. The van der Waals surface area contributed by atoms with Crippen molar-refractivity contribution in [3.8, 4) is 0 Å². The normalized spacial score (nSPS) is 52.4. The molecule has 13 rings (SSSR count). The molecule has 12 saturated carbocycles. The third kappa shape index (κ3) is 7.78. The zero-order valence-corrected chi connectivity index (χ0v) is 38.8. The van der Waals surface area contributed by atoms with Gasteiger partial charge in [0.05, 0.1) is 36.5 Å². The van der Waals surface area contributed by atoms with Crippen LogP contribution in [0.1, 0.15) is 177 Å². The zero-order valence-electron chi connectivity index (χ0n) is 38.8. The third-order valence-corrected chi connectivity index (χ3v) is 19.0. The van der Waals surface area contributed by atoms with Gasteiger partial charge in [0.15, 0.2) is 0 Å². The lowest BCUT2D eigenvalue weighted by molar-refractivity contribution is -0.239. The molecule has 0 radical (unpaired) electrons. The molecule has 1 heterocycles. The van der Waals surface area contributed by atoms with E-state index in [1.54, 1.807) is 6.92 Å². The molecule has 62 heavy (non-hydrogen) atoms. The van der Waals surface area contributed by atoms with Gasteiger partial charge in [-0.1, -0.05) is 48.5 Å². The highest BCUT2D eigenvalue weighted by atomic mass is 19.2. The molecular formula is C48H76BF3N2O8. The summed E-state index contributed by atoms with van der Waals surface area (Å²) in [5.74, 6) is -2.48. The number of esters is 1. The van der Waals surface area contributed by atoms with E-state index in [0.717, 1.165) is 51.4 Å². The van der Waals surface area contributed by atoms with Gasteiger partial charge in [-0.15, -0.1) is 0 Å². The number of methoxy groups -OCH3 is 1. The van der Waals surface area contributed by atoms with Crippen molar-refractivity contribution in [2.45, 2.75) is 211 Å². The maximum atomic E-state index is 15.3. The number of aliphatic carboxylic acids is 1. The van der Waals surface area contributed by atoms with Crippen molar-refractivity contribution in [2.75, 3.05) is 13.7 Å². The molecule has 0 aromatic heterocycles. The van der Waals surface area contributed by atoms with Gasteiger partial charge in [-0.3, -0.25) is 14.4 Å². The van der Waals surface area contributed by atoms with Crippen LogP contribution in [0.25, 0.3) is 0 Å². The number of nitrogens with zero attached hydrogens (tertiary/aromatic N) is 1. The summed E-state index contributed by atoms with van der Waals surface area (Å²) in [4.78, 5) is 37.9. The Balaban J connectivity index is 0.000000130. The van der Waals surface area contributed by atoms with Crippen LogP contribution in [0.15, 0.2) is 0 Å². The van der Waals surface area contributed by atoms with E-state index in [-0.39, 0.29) is 63.6 Å². The van der Waals surface area contributed by atoms with E-state index in [0.29, 0.717) is 57.9 Å². The summed E-state index contributed by atoms with van der Waals surface area (Å²) in [6.45, 7) is 15.0. The van der Waals surface area contributed by atoms with E-state index in [9.17, 15) is 34.6 Å². The van der Waals surface area contributed by atoms with Crippen LogP contribution in [-0.2, 0) is 19.1 Å². The molecule has 350 valence electrons. The van der Waals surface area contributed by atoms with Gasteiger partial charge in [-0.05, 0) is 160 Å². The van der Waals surface area contributed by atoms with E-state index < -0.39 is 70.3 Å². The number of likely N-dealkylation sites (tertiary alicyclic amines) is 1. The first-order valence-electron chi connectivity index (χ1n) is 23.7. The Morgan fingerprint density at radius 1 is 0.629 bits per heavy atom. The third-order valence-electron chi connectivity index (χ3n) is 19.0. The van der Waals surface area contributed by atoms with Crippen molar-refractivity contribution in [3.63, 3.8) is 0 Å². The Hall–Kier alpha value is -1.90. The summed E-state index contributed by atoms with van der Waals surface area (Å²) in [5.41, 5.74) is 0.232. The molecular weight excluding hydrogens is 800 g/mol. The van der Waals surface area contributed by atoms with Crippen molar-refractivity contribution in [1.82, 2.24) is 4.90 Å². The molecule has 13 aliphatic rings. The number of amides is 1. The molecule has 13 fully saturated rings. The molecule has 0 aromatic rings. The fourth-order valence-electron chi connectivity index (χ4n) is 20.1. The predicted octanol–water partition coefficient (Wildman–Crippen LogP) is 7.81. The molecule has 10 atom stereocenters. The second kappa shape index (κ2) is 14.1. The Bertz CT molecular complexity index is 1700. The number of carbonyl (C=O) groups excluding carboxylic acids is 2. The SMILES string of the molecule is CC12CC3(F)CC(F)(C1)CC([C@H](N)C(=O)N1CCC[C@H]1B(O)O)(C2)C3.COC(=O)[C@@H](C)C12CC3(C)CC(C)(CC(O)(C3)C1)C2.C[C@H](C(=O)O)C12CC3(C)CC(C)(CC(F)(C3)C1)C2. The highest BCUT2D eigenvalue weighted by molar-refractivity contribution is 6.43. The number of ether oxygens (including phenoxy) is 1. The van der Waals surface area contributed by atoms with Crippen molar-refractivity contribution in [1.29, 1.82) is 0 Å². The van der Waals surface area contributed by atoms with E-state index in [2.05, 4.69) is 27.7 Å². The molecule has 0 aromatic carbocycles. The van der Waals surface area contributed by atoms with Crippen LogP contribution in [-0.4, -0.2) is 98.4 Å². The topological polar surface area (TPSA) is 171 Å². The molecule has 6 N–H and O–H groups in total. The van der Waals surface area contributed by atoms with Gasteiger partial charge in [0.1, 0.15) is 17.0 Å². The van der Waals surface area contributed by atoms with Crippen LogP contribution in [0.4, 0.5) is 13.2 Å². The van der Waals surface area contributed by atoms with Crippen LogP contribution < -0.4 is 5.73 Å². The predicted molar refractivity (Wildman–Crippen MR) is 228 cm³/mol. The monoisotopic (exact) mass is 877 g/mol. The van der Waals surface area contributed by atoms with E-state index in [1.165, 1.54) is 18.4 Å². The molecule has 1 amide bonds. The summed E-state index contributed by atoms with van der Waals surface area (Å²) in [7, 11) is -0.148. The van der Waals surface area contributed by atoms with Crippen LogP contribution >= 0.6 is 0 Å². The average molecular weight is 877 g/mol. The van der Waals surface area contributed by atoms with Crippen LogP contribution in [0.3, 0.4) is 0 Å². The Labute approximate surface area is 367 Å². The van der Waals surface area contributed by atoms with Crippen molar-refractivity contribution >= 4 is 25.0 Å². The van der Waals surface area contributed by atoms with Crippen LogP contribution in [0.2, 0.25) is 0 Å². The molecule has 0 spiro atoms. The first-order valence-corrected chi connectivity index (χ1v) is 23.7. The van der Waals surface area contributed by atoms with E-state index in [1.807, 2.05) is 13.8 Å². The summed E-state index contributed by atoms with van der Waals surface area (Å²) >= 11 is 0. The maximum absolute atomic E-state index is 15.3. The van der Waals surface area contributed by atoms with Gasteiger partial charge in [-0.25, -0.2) is 13.2 Å². The lowest BCUT2D eigenvalue weighted by atomic mass is 9.37. The van der Waals surface area contributed by atoms with Crippen molar-refractivity contribution < 1.29 is 52.6 Å². The summed E-state index contributed by atoms with van der Waals surface area (Å²) in [6.07, 6.45) is 13.1. The van der Waals surface area contributed by atoms with Crippen LogP contribution in [0.5, 0.6) is 0 Å². The van der Waals surface area contributed by atoms with Gasteiger partial charge in [0, 0.05) is 18.4 Å². The van der Waals surface area contributed by atoms with Crippen molar-refractivity contribution in [3.05, 3.63) is 0 Å². The Morgan fingerprint density at radius 3 is 1.44 bits per heavy atom. The highest BCUT2D eigenvalue weighted by Gasteiger charge is 2.72. The summed E-state index contributed by atoms with van der Waals surface area (Å²) < 4.78 is 50.7. The number of halogens is 3. The number of hydrogen-bond acceptors (Lipinski definition) is 8. The number of alkyl halides is 3. The number of aliphatic hydroxyl groups is 1. The van der Waals surface area contributed by atoms with Gasteiger partial charge < -0.3 is 35.6 Å². The Kier molecular flexibility index (Phi) is 10.6. The molecule has 10 nitrogen and oxygen atoms in total. The molecule has 1 aliphatic heterocycles. The van der Waals surface area contributed by atoms with E-state index in [4.69, 9.17) is 10.5 Å². The molecule has 6 unspecified atom stereocenters. The number of rotatable bonds is 7. The highest BCUT2D eigenvalue weighted by Crippen LogP contribution is 2.75. The number of hydrogen-bond donors (Lipinski definition) is 5. The molecule has 12 bridgehead atoms. The molecule has 14 heteroatoms. The first-order chi connectivity index (χ1) is 28.2. The number of carbonyl (C=O) groups is 3. The van der Waals surface area contributed by atoms with Gasteiger partial charge in [0.2, 0.25) is 5.91 Å². The Morgan fingerprint density at radius 2 is 1.03 bits per heavy atom. The molecule has 1 saturated heterocycles. The smallest absolute Gasteiger partial charge is 0.475 e.